The highest BCUT2D eigenvalue weighted by Crippen LogP contribution is 2.31. The highest BCUT2D eigenvalue weighted by molar-refractivity contribution is 7.17. The Morgan fingerprint density at radius 1 is 1.00 bits per heavy atom. The summed E-state index contributed by atoms with van der Waals surface area (Å²) in [6.07, 6.45) is 4.44. The third kappa shape index (κ3) is 3.17. The molecule has 0 saturated carbocycles. The van der Waals surface area contributed by atoms with E-state index in [1.165, 1.54) is 11.1 Å². The molecule has 0 aliphatic carbocycles. The second kappa shape index (κ2) is 6.88. The molecule has 0 aliphatic heterocycles. The van der Waals surface area contributed by atoms with E-state index in [1.54, 1.807) is 23.7 Å². The van der Waals surface area contributed by atoms with Gasteiger partial charge in [0.1, 0.15) is 4.83 Å². The average molecular weight is 340 g/mol. The third-order valence-corrected chi connectivity index (χ3v) is 4.97. The third-order valence-electron chi connectivity index (χ3n) is 4.09. The fourth-order valence-electron chi connectivity index (χ4n) is 2.80. The zero-order valence-electron chi connectivity index (χ0n) is 13.9. The quantitative estimate of drug-likeness (QED) is 0.462. The molecule has 3 heterocycles. The van der Waals surface area contributed by atoms with Gasteiger partial charge in [-0.1, -0.05) is 49.1 Å². The summed E-state index contributed by atoms with van der Waals surface area (Å²) in [6.45, 7) is 2.15. The summed E-state index contributed by atoms with van der Waals surface area (Å²) in [4.78, 5) is 9.97. The molecule has 0 unspecified atom stereocenters. The molecule has 0 fully saturated rings. The molecule has 3 aromatic heterocycles. The fourth-order valence-corrected chi connectivity index (χ4v) is 3.68. The molecule has 120 valence electrons. The molecule has 0 bridgehead atoms. The van der Waals surface area contributed by atoms with E-state index in [0.717, 1.165) is 33.5 Å². The molecule has 0 N–H and O–H groups in total. The Morgan fingerprint density at radius 2 is 1.80 bits per heavy atom. The zero-order valence-corrected chi connectivity index (χ0v) is 14.7. The van der Waals surface area contributed by atoms with E-state index in [4.69, 9.17) is 4.98 Å². The van der Waals surface area contributed by atoms with Crippen LogP contribution in [0.15, 0.2) is 66.3 Å². The minimum absolute atomic E-state index is 0.913. The molecule has 0 aliphatic rings. The van der Waals surface area contributed by atoms with Crippen molar-refractivity contribution in [1.29, 1.82) is 0 Å². The first-order valence-corrected chi connectivity index (χ1v) is 9.11. The average Bonchev–Trinajstić information content (AvgIpc) is 3.08. The molecule has 2 nitrogen and oxygen atoms in total. The molecule has 1 aromatic carbocycles. The van der Waals surface area contributed by atoms with Crippen LogP contribution in [-0.4, -0.2) is 9.97 Å². The van der Waals surface area contributed by atoms with Crippen LogP contribution in [0.1, 0.15) is 23.7 Å². The van der Waals surface area contributed by atoms with Crippen molar-refractivity contribution in [3.63, 3.8) is 0 Å². The Kier molecular flexibility index (Phi) is 4.28. The van der Waals surface area contributed by atoms with Gasteiger partial charge in [-0.3, -0.25) is 4.98 Å². The minimum Gasteiger partial charge on any atom is -0.265 e. The van der Waals surface area contributed by atoms with Gasteiger partial charge in [0, 0.05) is 45.5 Å². The van der Waals surface area contributed by atoms with Crippen LogP contribution in [-0.2, 0) is 6.42 Å². The van der Waals surface area contributed by atoms with Gasteiger partial charge in [-0.2, -0.15) is 0 Å². The number of hydrogen-bond acceptors (Lipinski definition) is 3. The first-order chi connectivity index (χ1) is 12.3. The van der Waals surface area contributed by atoms with E-state index < -0.39 is 0 Å². The molecule has 0 amide bonds. The normalized spacial score (nSPS) is 10.4. The standard InChI is InChI=1S/C22H16N2S/c1-2-21-19(17-6-4-3-5-7-17)14-20-18(15-25-22(20)24-21)9-8-16-10-12-23-13-11-16/h3-7,10-15H,2H2,1H3. The summed E-state index contributed by atoms with van der Waals surface area (Å²) >= 11 is 1.66. The number of pyridine rings is 2. The summed E-state index contributed by atoms with van der Waals surface area (Å²) < 4.78 is 0. The van der Waals surface area contributed by atoms with Gasteiger partial charge in [0.2, 0.25) is 0 Å². The summed E-state index contributed by atoms with van der Waals surface area (Å²) in [5.74, 6) is 6.51. The molecule has 0 spiro atoms. The lowest BCUT2D eigenvalue weighted by molar-refractivity contribution is 1.06. The second-order valence-electron chi connectivity index (χ2n) is 5.69. The lowest BCUT2D eigenvalue weighted by Crippen LogP contribution is -1.92. The fraction of sp³-hybridized carbons (Fsp3) is 0.0909. The highest BCUT2D eigenvalue weighted by Gasteiger charge is 2.11. The predicted molar refractivity (Wildman–Crippen MR) is 105 cm³/mol. The maximum atomic E-state index is 4.89. The van der Waals surface area contributed by atoms with E-state index in [2.05, 4.69) is 59.5 Å². The van der Waals surface area contributed by atoms with Gasteiger partial charge >= 0.3 is 0 Å². The van der Waals surface area contributed by atoms with Gasteiger partial charge in [0.05, 0.1) is 0 Å². The van der Waals surface area contributed by atoms with Crippen molar-refractivity contribution in [2.45, 2.75) is 13.3 Å². The maximum absolute atomic E-state index is 4.89. The van der Waals surface area contributed by atoms with Gasteiger partial charge in [0.15, 0.2) is 0 Å². The van der Waals surface area contributed by atoms with E-state index in [-0.39, 0.29) is 0 Å². The van der Waals surface area contributed by atoms with Crippen molar-refractivity contribution < 1.29 is 0 Å². The number of hydrogen-bond donors (Lipinski definition) is 0. The smallest absolute Gasteiger partial charge is 0.124 e. The van der Waals surface area contributed by atoms with Crippen LogP contribution < -0.4 is 0 Å². The predicted octanol–water partition coefficient (Wildman–Crippen LogP) is 5.32. The Labute approximate surface area is 151 Å². The Morgan fingerprint density at radius 3 is 2.56 bits per heavy atom. The monoisotopic (exact) mass is 340 g/mol. The lowest BCUT2D eigenvalue weighted by Gasteiger charge is -2.08. The highest BCUT2D eigenvalue weighted by atomic mass is 32.1. The van der Waals surface area contributed by atoms with E-state index in [1.807, 2.05) is 18.2 Å². The molecule has 4 rings (SSSR count). The molecule has 0 radical (unpaired) electrons. The number of aromatic nitrogens is 2. The summed E-state index contributed by atoms with van der Waals surface area (Å²) in [7, 11) is 0. The molecule has 4 aromatic rings. The zero-order chi connectivity index (χ0) is 17.1. The van der Waals surface area contributed by atoms with Crippen molar-refractivity contribution >= 4 is 21.6 Å². The van der Waals surface area contributed by atoms with Crippen LogP contribution in [0.4, 0.5) is 0 Å². The summed E-state index contributed by atoms with van der Waals surface area (Å²) in [6, 6.07) is 16.5. The Hall–Kier alpha value is -2.96. The van der Waals surface area contributed by atoms with E-state index in [0.29, 0.717) is 0 Å². The topological polar surface area (TPSA) is 25.8 Å². The maximum Gasteiger partial charge on any atom is 0.124 e. The number of thiophene rings is 1. The second-order valence-corrected chi connectivity index (χ2v) is 6.55. The van der Waals surface area contributed by atoms with Gasteiger partial charge in [0.25, 0.3) is 0 Å². The van der Waals surface area contributed by atoms with Gasteiger partial charge in [-0.05, 0) is 30.2 Å². The lowest BCUT2D eigenvalue weighted by atomic mass is 10.0. The molecular weight excluding hydrogens is 324 g/mol. The van der Waals surface area contributed by atoms with Crippen LogP contribution >= 0.6 is 11.3 Å². The van der Waals surface area contributed by atoms with Gasteiger partial charge in [-0.25, -0.2) is 4.98 Å². The summed E-state index contributed by atoms with van der Waals surface area (Å²) in [5, 5.41) is 3.22. The number of nitrogens with zero attached hydrogens (tertiary/aromatic N) is 2. The number of rotatable bonds is 2. The largest absolute Gasteiger partial charge is 0.265 e. The molecule has 25 heavy (non-hydrogen) atoms. The van der Waals surface area contributed by atoms with Crippen LogP contribution in [0.25, 0.3) is 21.3 Å². The van der Waals surface area contributed by atoms with Crippen molar-refractivity contribution in [2.24, 2.45) is 0 Å². The van der Waals surface area contributed by atoms with Crippen LogP contribution in [0, 0.1) is 11.8 Å². The molecular formula is C22H16N2S. The van der Waals surface area contributed by atoms with Crippen LogP contribution in [0.5, 0.6) is 0 Å². The van der Waals surface area contributed by atoms with Gasteiger partial charge in [-0.15, -0.1) is 11.3 Å². The van der Waals surface area contributed by atoms with Gasteiger partial charge < -0.3 is 0 Å². The Balaban J connectivity index is 1.84. The first kappa shape index (κ1) is 15.6. The summed E-state index contributed by atoms with van der Waals surface area (Å²) in [5.41, 5.74) is 5.53. The van der Waals surface area contributed by atoms with Crippen LogP contribution in [0.2, 0.25) is 0 Å². The van der Waals surface area contributed by atoms with Crippen molar-refractivity contribution in [3.8, 4) is 23.0 Å². The van der Waals surface area contributed by atoms with E-state index >= 15 is 0 Å². The van der Waals surface area contributed by atoms with Crippen molar-refractivity contribution in [3.05, 3.63) is 83.1 Å². The number of benzene rings is 1. The molecule has 3 heteroatoms. The van der Waals surface area contributed by atoms with Crippen molar-refractivity contribution in [1.82, 2.24) is 9.97 Å². The van der Waals surface area contributed by atoms with E-state index in [9.17, 15) is 0 Å². The minimum atomic E-state index is 0.913. The Bertz CT molecular complexity index is 1070. The van der Waals surface area contributed by atoms with Crippen molar-refractivity contribution in [2.75, 3.05) is 0 Å². The number of fused-ring (bicyclic) bond motifs is 1. The first-order valence-electron chi connectivity index (χ1n) is 8.23. The van der Waals surface area contributed by atoms with Crippen LogP contribution in [0.3, 0.4) is 0 Å². The molecule has 0 saturated heterocycles. The SMILES string of the molecule is CCc1nc2scc(C#Cc3ccncc3)c2cc1-c1ccccc1. The molecule has 0 atom stereocenters. The number of aryl methyl sites for hydroxylation is 1.